The van der Waals surface area contributed by atoms with Crippen molar-refractivity contribution in [1.29, 1.82) is 0 Å². The zero-order valence-corrected chi connectivity index (χ0v) is 16.0. The maximum Gasteiger partial charge on any atom is 0.325 e. The van der Waals surface area contributed by atoms with Crippen LogP contribution in [0.15, 0.2) is 29.2 Å². The Morgan fingerprint density at radius 3 is 2.54 bits per heavy atom. The van der Waals surface area contributed by atoms with E-state index in [1.807, 2.05) is 0 Å². The summed E-state index contributed by atoms with van der Waals surface area (Å²) in [6, 6.07) is 4.52. The van der Waals surface area contributed by atoms with Gasteiger partial charge in [0.15, 0.2) is 6.04 Å². The van der Waals surface area contributed by atoms with Gasteiger partial charge in [-0.15, -0.1) is 5.92 Å². The molecule has 1 N–H and O–H groups in total. The molecule has 0 amide bonds. The standard InChI is InChI=1S/C18H23NO6S/c1-5-6-11-24-14-7-9-15(10-8-14)26(22,23)19-12-13(2)25-18(3,4)16(19)17(20)21/h7-10,13,16H,11-12H2,1-4H3,(H,20,21). The minimum absolute atomic E-state index is 0.00238. The van der Waals surface area contributed by atoms with Crippen LogP contribution in [0.25, 0.3) is 0 Å². The van der Waals surface area contributed by atoms with Crippen LogP contribution in [0.4, 0.5) is 0 Å². The maximum absolute atomic E-state index is 13.1. The molecule has 2 atom stereocenters. The molecule has 0 saturated carbocycles. The highest BCUT2D eigenvalue weighted by molar-refractivity contribution is 7.89. The zero-order chi connectivity index (χ0) is 19.5. The van der Waals surface area contributed by atoms with Crippen molar-refractivity contribution < 1.29 is 27.8 Å². The average molecular weight is 381 g/mol. The summed E-state index contributed by atoms with van der Waals surface area (Å²) < 4.78 is 38.1. The normalized spacial score (nSPS) is 22.9. The highest BCUT2D eigenvalue weighted by Crippen LogP contribution is 2.33. The summed E-state index contributed by atoms with van der Waals surface area (Å²) in [5, 5.41) is 9.59. The van der Waals surface area contributed by atoms with E-state index in [0.29, 0.717) is 5.75 Å². The van der Waals surface area contributed by atoms with Crippen molar-refractivity contribution in [2.75, 3.05) is 13.2 Å². The number of benzene rings is 1. The van der Waals surface area contributed by atoms with Crippen LogP contribution in [0.2, 0.25) is 0 Å². The fraction of sp³-hybridized carbons (Fsp3) is 0.500. The fourth-order valence-corrected chi connectivity index (χ4v) is 4.80. The Bertz CT molecular complexity index is 819. The van der Waals surface area contributed by atoms with Crippen molar-refractivity contribution in [3.8, 4) is 17.6 Å². The molecule has 0 spiro atoms. The van der Waals surface area contributed by atoms with Crippen LogP contribution in [0.3, 0.4) is 0 Å². The molecule has 1 aliphatic heterocycles. The lowest BCUT2D eigenvalue weighted by Gasteiger charge is -2.45. The first-order valence-corrected chi connectivity index (χ1v) is 9.58. The van der Waals surface area contributed by atoms with Gasteiger partial charge < -0.3 is 14.6 Å². The molecule has 2 rings (SSSR count). The molecule has 1 heterocycles. The van der Waals surface area contributed by atoms with Gasteiger partial charge in [0.1, 0.15) is 12.4 Å². The first-order chi connectivity index (χ1) is 12.1. The van der Waals surface area contributed by atoms with Gasteiger partial charge >= 0.3 is 5.97 Å². The van der Waals surface area contributed by atoms with E-state index in [1.165, 1.54) is 24.3 Å². The van der Waals surface area contributed by atoms with Gasteiger partial charge in [0.2, 0.25) is 10.0 Å². The molecule has 0 aliphatic carbocycles. The lowest BCUT2D eigenvalue weighted by Crippen LogP contribution is -2.63. The summed E-state index contributed by atoms with van der Waals surface area (Å²) in [5.41, 5.74) is -1.15. The van der Waals surface area contributed by atoms with Crippen LogP contribution in [-0.2, 0) is 19.6 Å². The molecule has 8 heteroatoms. The Kier molecular flexibility index (Phi) is 5.96. The summed E-state index contributed by atoms with van der Waals surface area (Å²) in [6.45, 7) is 6.74. The van der Waals surface area contributed by atoms with Crippen molar-refractivity contribution in [2.45, 2.75) is 50.3 Å². The molecule has 2 unspecified atom stereocenters. The molecule has 26 heavy (non-hydrogen) atoms. The van der Waals surface area contributed by atoms with Gasteiger partial charge in [0, 0.05) is 6.54 Å². The molecule has 0 bridgehead atoms. The summed E-state index contributed by atoms with van der Waals surface area (Å²) in [4.78, 5) is 11.7. The molecule has 1 saturated heterocycles. The number of carboxylic acid groups (broad SMARTS) is 1. The van der Waals surface area contributed by atoms with Crippen molar-refractivity contribution in [3.05, 3.63) is 24.3 Å². The second kappa shape index (κ2) is 7.66. The maximum atomic E-state index is 13.1. The Labute approximate surface area is 154 Å². The third kappa shape index (κ3) is 4.18. The summed E-state index contributed by atoms with van der Waals surface area (Å²) in [5.74, 6) is 4.68. The number of sulfonamides is 1. The number of ether oxygens (including phenoxy) is 2. The van der Waals surface area contributed by atoms with Crippen LogP contribution in [-0.4, -0.2) is 54.7 Å². The number of rotatable bonds is 5. The topological polar surface area (TPSA) is 93.1 Å². The number of nitrogens with zero attached hydrogens (tertiary/aromatic N) is 1. The van der Waals surface area contributed by atoms with Crippen molar-refractivity contribution in [1.82, 2.24) is 4.31 Å². The number of hydrogen-bond acceptors (Lipinski definition) is 5. The Morgan fingerprint density at radius 2 is 2.00 bits per heavy atom. The Hall–Kier alpha value is -2.08. The monoisotopic (exact) mass is 381 g/mol. The van der Waals surface area contributed by atoms with Crippen LogP contribution in [0, 0.1) is 11.8 Å². The molecule has 0 aromatic heterocycles. The van der Waals surface area contributed by atoms with Gasteiger partial charge in [-0.3, -0.25) is 4.79 Å². The number of hydrogen-bond donors (Lipinski definition) is 1. The first-order valence-electron chi connectivity index (χ1n) is 8.14. The van der Waals surface area contributed by atoms with Gasteiger partial charge in [-0.1, -0.05) is 5.92 Å². The molecule has 1 fully saturated rings. The highest BCUT2D eigenvalue weighted by Gasteiger charge is 2.50. The van der Waals surface area contributed by atoms with E-state index in [0.717, 1.165) is 4.31 Å². The van der Waals surface area contributed by atoms with E-state index in [2.05, 4.69) is 11.8 Å². The fourth-order valence-electron chi connectivity index (χ4n) is 3.02. The molecule has 1 aromatic carbocycles. The zero-order valence-electron chi connectivity index (χ0n) is 15.2. The molecular weight excluding hydrogens is 358 g/mol. The molecule has 1 aliphatic rings. The predicted octanol–water partition coefficient (Wildman–Crippen LogP) is 1.73. The molecular formula is C18H23NO6S. The van der Waals surface area contributed by atoms with Crippen LogP contribution >= 0.6 is 0 Å². The minimum atomic E-state index is -4.01. The predicted molar refractivity (Wildman–Crippen MR) is 95.3 cm³/mol. The van der Waals surface area contributed by atoms with E-state index < -0.39 is 33.7 Å². The summed E-state index contributed by atoms with van der Waals surface area (Å²) >= 11 is 0. The van der Waals surface area contributed by atoms with Crippen LogP contribution in [0.5, 0.6) is 5.75 Å². The number of carbonyl (C=O) groups is 1. The smallest absolute Gasteiger partial charge is 0.325 e. The van der Waals surface area contributed by atoms with E-state index in [-0.39, 0.29) is 18.0 Å². The SMILES string of the molecule is CC#CCOc1ccc(S(=O)(=O)N2CC(C)OC(C)(C)C2C(=O)O)cc1. The van der Waals surface area contributed by atoms with E-state index in [4.69, 9.17) is 9.47 Å². The third-order valence-electron chi connectivity index (χ3n) is 4.04. The molecule has 1 aromatic rings. The van der Waals surface area contributed by atoms with E-state index >= 15 is 0 Å². The van der Waals surface area contributed by atoms with E-state index in [9.17, 15) is 18.3 Å². The molecule has 142 valence electrons. The molecule has 0 radical (unpaired) electrons. The lowest BCUT2D eigenvalue weighted by atomic mass is 9.96. The van der Waals surface area contributed by atoms with Crippen molar-refractivity contribution in [2.24, 2.45) is 0 Å². The Balaban J connectivity index is 2.34. The van der Waals surface area contributed by atoms with Gasteiger partial charge in [-0.05, 0) is 52.0 Å². The van der Waals surface area contributed by atoms with Crippen molar-refractivity contribution >= 4 is 16.0 Å². The van der Waals surface area contributed by atoms with E-state index in [1.54, 1.807) is 27.7 Å². The highest BCUT2D eigenvalue weighted by atomic mass is 32.2. The van der Waals surface area contributed by atoms with Gasteiger partial charge in [-0.2, -0.15) is 4.31 Å². The lowest BCUT2D eigenvalue weighted by molar-refractivity contribution is -0.174. The van der Waals surface area contributed by atoms with Crippen molar-refractivity contribution in [3.63, 3.8) is 0 Å². The number of morpholine rings is 1. The minimum Gasteiger partial charge on any atom is -0.481 e. The Morgan fingerprint density at radius 1 is 1.38 bits per heavy atom. The number of carboxylic acids is 1. The summed E-state index contributed by atoms with van der Waals surface area (Å²) in [6.07, 6.45) is -0.425. The largest absolute Gasteiger partial charge is 0.481 e. The average Bonchev–Trinajstić information content (AvgIpc) is 2.53. The van der Waals surface area contributed by atoms with Gasteiger partial charge in [0.05, 0.1) is 16.6 Å². The van der Waals surface area contributed by atoms with Crippen LogP contribution in [0.1, 0.15) is 27.7 Å². The second-order valence-electron chi connectivity index (χ2n) is 6.53. The molecule has 7 nitrogen and oxygen atoms in total. The third-order valence-corrected chi connectivity index (χ3v) is 5.89. The quantitative estimate of drug-likeness (QED) is 0.781. The summed E-state index contributed by atoms with van der Waals surface area (Å²) in [7, 11) is -4.01. The number of aliphatic carboxylic acids is 1. The van der Waals surface area contributed by atoms with Gasteiger partial charge in [0.25, 0.3) is 0 Å². The first kappa shape index (κ1) is 20.2. The van der Waals surface area contributed by atoms with Gasteiger partial charge in [-0.25, -0.2) is 8.42 Å². The van der Waals surface area contributed by atoms with Crippen LogP contribution < -0.4 is 4.74 Å². The second-order valence-corrected chi connectivity index (χ2v) is 8.42.